The highest BCUT2D eigenvalue weighted by Gasteiger charge is 2.34. The Kier molecular flexibility index (Phi) is 7.84. The van der Waals surface area contributed by atoms with Crippen molar-refractivity contribution in [1.82, 2.24) is 4.90 Å². The van der Waals surface area contributed by atoms with Gasteiger partial charge in [-0.15, -0.1) is 0 Å². The van der Waals surface area contributed by atoms with E-state index in [1.807, 2.05) is 13.8 Å². The van der Waals surface area contributed by atoms with Crippen LogP contribution in [-0.4, -0.2) is 30.7 Å². The van der Waals surface area contributed by atoms with Crippen LogP contribution in [0.1, 0.15) is 47.0 Å². The zero-order valence-corrected chi connectivity index (χ0v) is 11.5. The van der Waals surface area contributed by atoms with Gasteiger partial charge in [-0.3, -0.25) is 0 Å². The maximum Gasteiger partial charge on any atom is 0.389 e. The van der Waals surface area contributed by atoms with Gasteiger partial charge in [0.25, 0.3) is 0 Å². The molecule has 1 aliphatic rings. The monoisotopic (exact) mass is 253 g/mol. The van der Waals surface area contributed by atoms with Gasteiger partial charge in [-0.2, -0.15) is 13.2 Å². The van der Waals surface area contributed by atoms with Crippen LogP contribution >= 0.6 is 0 Å². The molecule has 1 atom stereocenters. The summed E-state index contributed by atoms with van der Waals surface area (Å²) in [7, 11) is 0. The first-order valence-corrected chi connectivity index (χ1v) is 6.66. The molecule has 1 aliphatic heterocycles. The molecule has 17 heavy (non-hydrogen) atoms. The van der Waals surface area contributed by atoms with E-state index in [0.717, 1.165) is 19.5 Å². The maximum atomic E-state index is 12.1. The average Bonchev–Trinajstić information content (AvgIpc) is 2.63. The summed E-state index contributed by atoms with van der Waals surface area (Å²) in [5.74, 6) is 0.462. The zero-order chi connectivity index (χ0) is 13.5. The van der Waals surface area contributed by atoms with Crippen molar-refractivity contribution in [3.05, 3.63) is 0 Å². The lowest BCUT2D eigenvalue weighted by Gasteiger charge is -2.17. The fraction of sp³-hybridized carbons (Fsp3) is 1.00. The lowest BCUT2D eigenvalue weighted by Crippen LogP contribution is -2.24. The summed E-state index contributed by atoms with van der Waals surface area (Å²) in [5.41, 5.74) is 0. The van der Waals surface area contributed by atoms with E-state index in [1.165, 1.54) is 0 Å². The van der Waals surface area contributed by atoms with E-state index >= 15 is 0 Å². The number of alkyl halides is 3. The molecule has 0 aromatic carbocycles. The lowest BCUT2D eigenvalue weighted by atomic mass is 10.1. The number of rotatable bonds is 4. The molecule has 0 aromatic heterocycles. The number of hydrogen-bond donors (Lipinski definition) is 0. The van der Waals surface area contributed by atoms with E-state index in [4.69, 9.17) is 0 Å². The van der Waals surface area contributed by atoms with Crippen molar-refractivity contribution in [1.29, 1.82) is 0 Å². The van der Waals surface area contributed by atoms with Crippen LogP contribution in [0, 0.1) is 11.8 Å². The molecule has 1 rings (SSSR count). The molecule has 1 unspecified atom stereocenters. The molecule has 4 heteroatoms. The van der Waals surface area contributed by atoms with Crippen LogP contribution in [0.15, 0.2) is 0 Å². The first kappa shape index (κ1) is 16.8. The van der Waals surface area contributed by atoms with Gasteiger partial charge in [0.05, 0.1) is 0 Å². The summed E-state index contributed by atoms with van der Waals surface area (Å²) in [6, 6.07) is 0. The molecule has 1 fully saturated rings. The number of likely N-dealkylation sites (tertiary alicyclic amines) is 1. The molecule has 0 saturated carbocycles. The second-order valence-corrected chi connectivity index (χ2v) is 4.96. The summed E-state index contributed by atoms with van der Waals surface area (Å²) in [6.45, 7) is 10.7. The van der Waals surface area contributed by atoms with Gasteiger partial charge in [0.15, 0.2) is 0 Å². The van der Waals surface area contributed by atoms with Crippen LogP contribution in [-0.2, 0) is 0 Å². The summed E-state index contributed by atoms with van der Waals surface area (Å²) >= 11 is 0. The van der Waals surface area contributed by atoms with E-state index in [0.29, 0.717) is 18.9 Å². The average molecular weight is 253 g/mol. The van der Waals surface area contributed by atoms with E-state index < -0.39 is 12.6 Å². The molecule has 104 valence electrons. The summed E-state index contributed by atoms with van der Waals surface area (Å²) in [6.07, 6.45) is -2.81. The molecule has 0 aliphatic carbocycles. The quantitative estimate of drug-likeness (QED) is 0.720. The zero-order valence-electron chi connectivity index (χ0n) is 11.5. The molecular weight excluding hydrogens is 227 g/mol. The van der Waals surface area contributed by atoms with Gasteiger partial charge >= 0.3 is 6.18 Å². The molecule has 0 spiro atoms. The molecule has 0 bridgehead atoms. The Labute approximate surface area is 103 Å². The molecule has 0 N–H and O–H groups in total. The van der Waals surface area contributed by atoms with E-state index in [2.05, 4.69) is 18.7 Å². The Morgan fingerprint density at radius 1 is 1.24 bits per heavy atom. The van der Waals surface area contributed by atoms with Gasteiger partial charge in [0.2, 0.25) is 0 Å². The van der Waals surface area contributed by atoms with Gasteiger partial charge in [-0.1, -0.05) is 27.7 Å². The molecule has 1 nitrogen and oxygen atoms in total. The fourth-order valence-corrected chi connectivity index (χ4v) is 2.05. The molecule has 0 aromatic rings. The minimum absolute atomic E-state index is 0.169. The highest BCUT2D eigenvalue weighted by molar-refractivity contribution is 4.77. The smallest absolute Gasteiger partial charge is 0.303 e. The van der Waals surface area contributed by atoms with Gasteiger partial charge < -0.3 is 4.90 Å². The molecule has 1 heterocycles. The summed E-state index contributed by atoms with van der Waals surface area (Å²) < 4.78 is 36.4. The van der Waals surface area contributed by atoms with Gasteiger partial charge in [-0.25, -0.2) is 0 Å². The van der Waals surface area contributed by atoms with Crippen molar-refractivity contribution in [3.8, 4) is 0 Å². The Morgan fingerprint density at radius 2 is 1.82 bits per heavy atom. The first-order chi connectivity index (χ1) is 7.87. The van der Waals surface area contributed by atoms with Crippen molar-refractivity contribution in [2.45, 2.75) is 53.1 Å². The van der Waals surface area contributed by atoms with Gasteiger partial charge in [0.1, 0.15) is 0 Å². The van der Waals surface area contributed by atoms with Crippen LogP contribution in [0.4, 0.5) is 13.2 Å². The second kappa shape index (κ2) is 7.96. The van der Waals surface area contributed by atoms with Crippen molar-refractivity contribution in [2.75, 3.05) is 19.6 Å². The van der Waals surface area contributed by atoms with Crippen molar-refractivity contribution in [2.24, 2.45) is 11.8 Å². The Bertz CT molecular complexity index is 190. The fourth-order valence-electron chi connectivity index (χ4n) is 2.05. The van der Waals surface area contributed by atoms with E-state index in [-0.39, 0.29) is 5.92 Å². The molecular formula is C13H26F3N. The largest absolute Gasteiger partial charge is 0.389 e. The molecule has 1 saturated heterocycles. The summed E-state index contributed by atoms with van der Waals surface area (Å²) in [4.78, 5) is 2.16. The molecule has 0 amide bonds. The highest BCUT2D eigenvalue weighted by Crippen LogP contribution is 2.30. The second-order valence-electron chi connectivity index (χ2n) is 4.96. The SMILES string of the molecule is CC.CC(C)CCN1CCC(CC(F)(F)F)C1. The van der Waals surface area contributed by atoms with Crippen LogP contribution in [0.5, 0.6) is 0 Å². The van der Waals surface area contributed by atoms with E-state index in [9.17, 15) is 13.2 Å². The van der Waals surface area contributed by atoms with Crippen LogP contribution in [0.3, 0.4) is 0 Å². The lowest BCUT2D eigenvalue weighted by molar-refractivity contribution is -0.143. The number of halogens is 3. The Hall–Kier alpha value is -0.250. The van der Waals surface area contributed by atoms with E-state index in [1.54, 1.807) is 0 Å². The molecule has 0 radical (unpaired) electrons. The van der Waals surface area contributed by atoms with Gasteiger partial charge in [0, 0.05) is 13.0 Å². The standard InChI is InChI=1S/C11H20F3N.C2H6/c1-9(2)3-5-15-6-4-10(8-15)7-11(12,13)14;1-2/h9-10H,3-8H2,1-2H3;1-2H3. The minimum atomic E-state index is -3.99. The number of hydrogen-bond acceptors (Lipinski definition) is 1. The Morgan fingerprint density at radius 3 is 2.29 bits per heavy atom. The normalized spacial score (nSPS) is 21.5. The van der Waals surface area contributed by atoms with Crippen LogP contribution in [0.2, 0.25) is 0 Å². The van der Waals surface area contributed by atoms with Crippen molar-refractivity contribution in [3.63, 3.8) is 0 Å². The predicted octanol–water partition coefficient (Wildman–Crippen LogP) is 4.33. The highest BCUT2D eigenvalue weighted by atomic mass is 19.4. The van der Waals surface area contributed by atoms with Crippen LogP contribution in [0.25, 0.3) is 0 Å². The Balaban J connectivity index is 0.00000121. The van der Waals surface area contributed by atoms with Crippen molar-refractivity contribution >= 4 is 0 Å². The third-order valence-electron chi connectivity index (χ3n) is 2.91. The third kappa shape index (κ3) is 8.47. The van der Waals surface area contributed by atoms with Gasteiger partial charge in [-0.05, 0) is 37.8 Å². The van der Waals surface area contributed by atoms with Crippen molar-refractivity contribution < 1.29 is 13.2 Å². The first-order valence-electron chi connectivity index (χ1n) is 6.66. The topological polar surface area (TPSA) is 3.24 Å². The maximum absolute atomic E-state index is 12.1. The summed E-state index contributed by atoms with van der Waals surface area (Å²) in [5, 5.41) is 0. The predicted molar refractivity (Wildman–Crippen MR) is 66.0 cm³/mol. The number of nitrogens with zero attached hydrogens (tertiary/aromatic N) is 1. The minimum Gasteiger partial charge on any atom is -0.303 e. The third-order valence-corrected chi connectivity index (χ3v) is 2.91. The van der Waals surface area contributed by atoms with Crippen LogP contribution < -0.4 is 0 Å².